The number of rotatable bonds is 6. The van der Waals surface area contributed by atoms with Gasteiger partial charge in [-0.05, 0) is 48.5 Å². The molecule has 0 unspecified atom stereocenters. The lowest BCUT2D eigenvalue weighted by Crippen LogP contribution is -2.24. The number of nitrogens with one attached hydrogen (secondary N) is 1. The van der Waals surface area contributed by atoms with Crippen LogP contribution in [-0.4, -0.2) is 39.9 Å². The Morgan fingerprint density at radius 2 is 1.83 bits per heavy atom. The highest BCUT2D eigenvalue weighted by Gasteiger charge is 2.15. The van der Waals surface area contributed by atoms with E-state index in [2.05, 4.69) is 20.6 Å². The highest BCUT2D eigenvalue weighted by molar-refractivity contribution is 5.97. The smallest absolute Gasteiger partial charge is 0.255 e. The second kappa shape index (κ2) is 8.16. The van der Waals surface area contributed by atoms with Crippen molar-refractivity contribution in [1.29, 1.82) is 0 Å². The van der Waals surface area contributed by atoms with E-state index in [1.54, 1.807) is 47.0 Å². The van der Waals surface area contributed by atoms with Crippen LogP contribution in [0.4, 0.5) is 4.39 Å². The number of amides is 1. The summed E-state index contributed by atoms with van der Waals surface area (Å²) in [5.41, 5.74) is 2.29. The van der Waals surface area contributed by atoms with Crippen molar-refractivity contribution in [3.8, 4) is 22.8 Å². The highest BCUT2D eigenvalue weighted by atomic mass is 19.1. The van der Waals surface area contributed by atoms with Crippen molar-refractivity contribution in [2.75, 3.05) is 14.2 Å². The molecule has 9 heteroatoms. The maximum atomic E-state index is 13.2. The average Bonchev–Trinajstić information content (AvgIpc) is 3.19. The van der Waals surface area contributed by atoms with E-state index in [1.165, 1.54) is 26.4 Å². The summed E-state index contributed by atoms with van der Waals surface area (Å²) in [6.45, 7) is 0.106. The van der Waals surface area contributed by atoms with Crippen molar-refractivity contribution < 1.29 is 18.7 Å². The second-order valence-electron chi connectivity index (χ2n) is 6.36. The van der Waals surface area contributed by atoms with Gasteiger partial charge < -0.3 is 14.8 Å². The van der Waals surface area contributed by atoms with E-state index in [4.69, 9.17) is 9.47 Å². The van der Waals surface area contributed by atoms with Gasteiger partial charge in [-0.25, -0.2) is 4.39 Å². The first-order chi connectivity index (χ1) is 14.6. The highest BCUT2D eigenvalue weighted by Crippen LogP contribution is 2.24. The molecule has 0 aliphatic rings. The Morgan fingerprint density at radius 1 is 1.03 bits per heavy atom. The first kappa shape index (κ1) is 19.3. The molecule has 0 bridgehead atoms. The van der Waals surface area contributed by atoms with Crippen molar-refractivity contribution >= 4 is 11.6 Å². The van der Waals surface area contributed by atoms with E-state index >= 15 is 0 Å². The topological polar surface area (TPSA) is 90.6 Å². The fraction of sp³-hybridized carbons (Fsp3) is 0.143. The molecule has 0 saturated carbocycles. The maximum Gasteiger partial charge on any atom is 0.255 e. The van der Waals surface area contributed by atoms with Gasteiger partial charge in [-0.1, -0.05) is 0 Å². The Morgan fingerprint density at radius 3 is 2.57 bits per heavy atom. The number of carbonyl (C=O) groups excluding carboxylic acids is 1. The second-order valence-corrected chi connectivity index (χ2v) is 6.36. The van der Waals surface area contributed by atoms with Gasteiger partial charge in [-0.15, -0.1) is 10.2 Å². The molecular weight excluding hydrogens is 389 g/mol. The molecule has 8 nitrogen and oxygen atoms in total. The van der Waals surface area contributed by atoms with Gasteiger partial charge in [0.1, 0.15) is 17.3 Å². The standard InChI is InChI=1S/C21H18FN5O3/c1-29-15-7-8-16(18(11-15)30-2)21(28)23-12-20-25-24-19-10-9-17(26-27(19)20)13-3-5-14(22)6-4-13/h3-11H,12H2,1-2H3,(H,23,28). The number of nitrogens with zero attached hydrogens (tertiary/aromatic N) is 4. The summed E-state index contributed by atoms with van der Waals surface area (Å²) >= 11 is 0. The molecule has 2 heterocycles. The third kappa shape index (κ3) is 3.77. The number of carbonyl (C=O) groups is 1. The van der Waals surface area contributed by atoms with Gasteiger partial charge in [-0.3, -0.25) is 4.79 Å². The van der Waals surface area contributed by atoms with Crippen LogP contribution in [0.2, 0.25) is 0 Å². The molecule has 2 aromatic heterocycles. The fourth-order valence-corrected chi connectivity index (χ4v) is 2.96. The molecule has 1 N–H and O–H groups in total. The van der Waals surface area contributed by atoms with Crippen LogP contribution in [0.5, 0.6) is 11.5 Å². The molecule has 30 heavy (non-hydrogen) atoms. The lowest BCUT2D eigenvalue weighted by molar-refractivity contribution is 0.0946. The minimum atomic E-state index is -0.332. The van der Waals surface area contributed by atoms with Gasteiger partial charge in [0.25, 0.3) is 5.91 Å². The number of halogens is 1. The molecule has 0 saturated heterocycles. The van der Waals surface area contributed by atoms with Crippen molar-refractivity contribution in [1.82, 2.24) is 25.1 Å². The lowest BCUT2D eigenvalue weighted by Gasteiger charge is -2.10. The van der Waals surface area contributed by atoms with Crippen LogP contribution < -0.4 is 14.8 Å². The zero-order valence-electron chi connectivity index (χ0n) is 16.3. The summed E-state index contributed by atoms with van der Waals surface area (Å²) in [7, 11) is 3.02. The molecule has 4 rings (SSSR count). The Hall–Kier alpha value is -4.01. The molecule has 1 amide bonds. The van der Waals surface area contributed by atoms with Gasteiger partial charge >= 0.3 is 0 Å². The van der Waals surface area contributed by atoms with Gasteiger partial charge in [-0.2, -0.15) is 9.61 Å². The van der Waals surface area contributed by atoms with E-state index in [9.17, 15) is 9.18 Å². The number of aromatic nitrogens is 4. The molecule has 4 aromatic rings. The third-order valence-corrected chi connectivity index (χ3v) is 4.53. The Labute approximate surface area is 171 Å². The van der Waals surface area contributed by atoms with Crippen LogP contribution in [0.3, 0.4) is 0 Å². The lowest BCUT2D eigenvalue weighted by atomic mass is 10.1. The fourth-order valence-electron chi connectivity index (χ4n) is 2.96. The van der Waals surface area contributed by atoms with Crippen molar-refractivity contribution in [2.45, 2.75) is 6.54 Å². The van der Waals surface area contributed by atoms with Crippen LogP contribution >= 0.6 is 0 Å². The summed E-state index contributed by atoms with van der Waals surface area (Å²) in [6.07, 6.45) is 0. The van der Waals surface area contributed by atoms with Crippen molar-refractivity contribution in [2.24, 2.45) is 0 Å². The van der Waals surface area contributed by atoms with E-state index in [1.807, 2.05) is 0 Å². The molecule has 2 aromatic carbocycles. The van der Waals surface area contributed by atoms with Crippen molar-refractivity contribution in [3.63, 3.8) is 0 Å². The van der Waals surface area contributed by atoms with E-state index < -0.39 is 0 Å². The Kier molecular flexibility index (Phi) is 5.25. The quantitative estimate of drug-likeness (QED) is 0.529. The monoisotopic (exact) mass is 407 g/mol. The number of methoxy groups -OCH3 is 2. The predicted molar refractivity (Wildman–Crippen MR) is 107 cm³/mol. The first-order valence-electron chi connectivity index (χ1n) is 9.06. The van der Waals surface area contributed by atoms with Crippen LogP contribution in [0.25, 0.3) is 16.9 Å². The summed E-state index contributed by atoms with van der Waals surface area (Å²) < 4.78 is 25.2. The third-order valence-electron chi connectivity index (χ3n) is 4.53. The van der Waals surface area contributed by atoms with Crippen LogP contribution in [0.1, 0.15) is 16.2 Å². The van der Waals surface area contributed by atoms with Gasteiger partial charge in [0.05, 0.1) is 32.0 Å². The van der Waals surface area contributed by atoms with E-state index in [0.29, 0.717) is 34.2 Å². The molecule has 0 spiro atoms. The number of hydrogen-bond donors (Lipinski definition) is 1. The number of ether oxygens (including phenoxy) is 2. The summed E-state index contributed by atoms with van der Waals surface area (Å²) in [4.78, 5) is 12.6. The Bertz CT molecular complexity index is 1210. The van der Waals surface area contributed by atoms with Crippen LogP contribution in [0.15, 0.2) is 54.6 Å². The SMILES string of the molecule is COc1ccc(C(=O)NCc2nnc3ccc(-c4ccc(F)cc4)nn23)c(OC)c1. The van der Waals surface area contributed by atoms with Gasteiger partial charge in [0.2, 0.25) is 0 Å². The molecule has 152 valence electrons. The van der Waals surface area contributed by atoms with E-state index in [-0.39, 0.29) is 18.3 Å². The Balaban J connectivity index is 1.56. The van der Waals surface area contributed by atoms with Crippen molar-refractivity contribution in [3.05, 3.63) is 71.8 Å². The summed E-state index contributed by atoms with van der Waals surface area (Å²) in [5, 5.41) is 15.5. The molecule has 0 atom stereocenters. The molecule has 0 fully saturated rings. The minimum Gasteiger partial charge on any atom is -0.497 e. The minimum absolute atomic E-state index is 0.106. The molecular formula is C21H18FN5O3. The van der Waals surface area contributed by atoms with Crippen LogP contribution in [0, 0.1) is 5.82 Å². The van der Waals surface area contributed by atoms with Crippen LogP contribution in [-0.2, 0) is 6.54 Å². The van der Waals surface area contributed by atoms with Gasteiger partial charge in [0.15, 0.2) is 11.5 Å². The first-order valence-corrected chi connectivity index (χ1v) is 9.06. The number of fused-ring (bicyclic) bond motifs is 1. The largest absolute Gasteiger partial charge is 0.497 e. The zero-order chi connectivity index (χ0) is 21.1. The molecule has 0 radical (unpaired) electrons. The average molecular weight is 407 g/mol. The normalized spacial score (nSPS) is 10.8. The molecule has 0 aliphatic heterocycles. The van der Waals surface area contributed by atoms with Gasteiger partial charge in [0, 0.05) is 11.6 Å². The van der Waals surface area contributed by atoms with E-state index in [0.717, 1.165) is 5.56 Å². The maximum absolute atomic E-state index is 13.2. The number of benzene rings is 2. The molecule has 0 aliphatic carbocycles. The zero-order valence-corrected chi connectivity index (χ0v) is 16.3. The number of hydrogen-bond acceptors (Lipinski definition) is 6. The summed E-state index contributed by atoms with van der Waals surface area (Å²) in [6, 6.07) is 14.5. The summed E-state index contributed by atoms with van der Waals surface area (Å²) in [5.74, 6) is 0.788. The predicted octanol–water partition coefficient (Wildman–Crippen LogP) is 2.88.